The zero-order chi connectivity index (χ0) is 17.6. The average molecular weight is 339 g/mol. The van der Waals surface area contributed by atoms with Crippen LogP contribution < -0.4 is 10.1 Å². The minimum atomic E-state index is -0.287. The van der Waals surface area contributed by atoms with Gasteiger partial charge in [-0.05, 0) is 43.5 Å². The second kappa shape index (κ2) is 8.17. The molecule has 3 rings (SSSR count). The van der Waals surface area contributed by atoms with E-state index in [4.69, 9.17) is 4.74 Å². The summed E-state index contributed by atoms with van der Waals surface area (Å²) < 4.78 is 5.69. The number of amides is 1. The zero-order valence-corrected chi connectivity index (χ0v) is 14.6. The molecule has 25 heavy (non-hydrogen) atoms. The lowest BCUT2D eigenvalue weighted by molar-refractivity contribution is 0.0917. The number of hydrogen-bond acceptors (Lipinski definition) is 3. The van der Waals surface area contributed by atoms with E-state index in [1.54, 1.807) is 0 Å². The summed E-state index contributed by atoms with van der Waals surface area (Å²) in [6, 6.07) is 15.4. The molecule has 0 aromatic heterocycles. The maximum Gasteiger partial charge on any atom is 0.251 e. The molecule has 2 N–H and O–H groups in total. The molecule has 0 saturated heterocycles. The Morgan fingerprint density at radius 2 is 2.04 bits per heavy atom. The van der Waals surface area contributed by atoms with Gasteiger partial charge in [0.15, 0.2) is 0 Å². The highest BCUT2D eigenvalue weighted by Crippen LogP contribution is 2.30. The fourth-order valence-electron chi connectivity index (χ4n) is 3.40. The monoisotopic (exact) mass is 339 g/mol. The topological polar surface area (TPSA) is 58.6 Å². The first-order valence-electron chi connectivity index (χ1n) is 8.97. The SMILES string of the molecule is CCOc1ccccc1-c1cccc(C(=O)NCC2CCCC2O)c1. The van der Waals surface area contributed by atoms with Crippen LogP contribution in [0.5, 0.6) is 5.75 Å². The van der Waals surface area contributed by atoms with E-state index in [2.05, 4.69) is 5.32 Å². The Hall–Kier alpha value is -2.33. The summed E-state index contributed by atoms with van der Waals surface area (Å²) in [5.74, 6) is 0.886. The van der Waals surface area contributed by atoms with Crippen LogP contribution in [0.4, 0.5) is 0 Å². The van der Waals surface area contributed by atoms with Gasteiger partial charge in [-0.15, -0.1) is 0 Å². The molecule has 132 valence electrons. The molecule has 0 radical (unpaired) electrons. The lowest BCUT2D eigenvalue weighted by Crippen LogP contribution is -2.32. The van der Waals surface area contributed by atoms with Gasteiger partial charge in [-0.2, -0.15) is 0 Å². The van der Waals surface area contributed by atoms with E-state index in [0.29, 0.717) is 18.7 Å². The van der Waals surface area contributed by atoms with E-state index >= 15 is 0 Å². The number of ether oxygens (including phenoxy) is 1. The molecule has 1 saturated carbocycles. The minimum absolute atomic E-state index is 0.102. The van der Waals surface area contributed by atoms with Crippen molar-refractivity contribution in [3.8, 4) is 16.9 Å². The number of nitrogens with one attached hydrogen (secondary N) is 1. The Bertz CT molecular complexity index is 729. The van der Waals surface area contributed by atoms with Crippen molar-refractivity contribution in [3.63, 3.8) is 0 Å². The number of rotatable bonds is 6. The van der Waals surface area contributed by atoms with Crippen molar-refractivity contribution >= 4 is 5.91 Å². The summed E-state index contributed by atoms with van der Waals surface area (Å²) in [4.78, 5) is 12.5. The molecule has 1 aliphatic carbocycles. The highest BCUT2D eigenvalue weighted by molar-refractivity contribution is 5.95. The van der Waals surface area contributed by atoms with Gasteiger partial charge in [-0.3, -0.25) is 4.79 Å². The minimum Gasteiger partial charge on any atom is -0.493 e. The quantitative estimate of drug-likeness (QED) is 0.845. The summed E-state index contributed by atoms with van der Waals surface area (Å²) in [7, 11) is 0. The third-order valence-corrected chi connectivity index (χ3v) is 4.77. The molecular weight excluding hydrogens is 314 g/mol. The van der Waals surface area contributed by atoms with Crippen molar-refractivity contribution in [3.05, 3.63) is 54.1 Å². The third kappa shape index (κ3) is 4.20. The van der Waals surface area contributed by atoms with Crippen molar-refractivity contribution < 1.29 is 14.6 Å². The van der Waals surface area contributed by atoms with Gasteiger partial charge < -0.3 is 15.2 Å². The number of carbonyl (C=O) groups is 1. The number of aliphatic hydroxyl groups is 1. The molecular formula is C21H25NO3. The maximum atomic E-state index is 12.5. The summed E-state index contributed by atoms with van der Waals surface area (Å²) in [6.45, 7) is 3.08. The molecule has 1 fully saturated rings. The predicted octanol–water partition coefficient (Wildman–Crippen LogP) is 3.64. The van der Waals surface area contributed by atoms with Crippen LogP contribution in [-0.4, -0.2) is 30.3 Å². The first kappa shape index (κ1) is 17.5. The van der Waals surface area contributed by atoms with Crippen molar-refractivity contribution in [2.45, 2.75) is 32.3 Å². The van der Waals surface area contributed by atoms with E-state index in [9.17, 15) is 9.90 Å². The second-order valence-electron chi connectivity index (χ2n) is 6.48. The van der Waals surface area contributed by atoms with Crippen LogP contribution in [0.2, 0.25) is 0 Å². The van der Waals surface area contributed by atoms with E-state index < -0.39 is 0 Å². The predicted molar refractivity (Wildman–Crippen MR) is 98.7 cm³/mol. The van der Waals surface area contributed by atoms with Gasteiger partial charge in [0.1, 0.15) is 5.75 Å². The molecule has 2 aromatic carbocycles. The van der Waals surface area contributed by atoms with Gasteiger partial charge in [-0.1, -0.05) is 36.8 Å². The van der Waals surface area contributed by atoms with Crippen LogP contribution in [-0.2, 0) is 0 Å². The van der Waals surface area contributed by atoms with Crippen molar-refractivity contribution in [1.29, 1.82) is 0 Å². The zero-order valence-electron chi connectivity index (χ0n) is 14.6. The molecule has 1 amide bonds. The van der Waals surface area contributed by atoms with Gasteiger partial charge in [-0.25, -0.2) is 0 Å². The summed E-state index contributed by atoms with van der Waals surface area (Å²) in [5, 5.41) is 12.8. The summed E-state index contributed by atoms with van der Waals surface area (Å²) >= 11 is 0. The Labute approximate surface area is 148 Å². The lowest BCUT2D eigenvalue weighted by atomic mass is 10.0. The number of carbonyl (C=O) groups excluding carboxylic acids is 1. The normalized spacial score (nSPS) is 19.6. The van der Waals surface area contributed by atoms with Gasteiger partial charge in [0.25, 0.3) is 5.91 Å². The van der Waals surface area contributed by atoms with Crippen LogP contribution in [0.3, 0.4) is 0 Å². The Kier molecular flexibility index (Phi) is 5.71. The molecule has 0 aliphatic heterocycles. The maximum absolute atomic E-state index is 12.5. The first-order chi connectivity index (χ1) is 12.2. The highest BCUT2D eigenvalue weighted by Gasteiger charge is 2.25. The Balaban J connectivity index is 1.74. The lowest BCUT2D eigenvalue weighted by Gasteiger charge is -2.15. The van der Waals surface area contributed by atoms with E-state index in [0.717, 1.165) is 36.1 Å². The fourth-order valence-corrected chi connectivity index (χ4v) is 3.40. The molecule has 0 heterocycles. The molecule has 0 bridgehead atoms. The van der Waals surface area contributed by atoms with Crippen molar-refractivity contribution in [2.75, 3.05) is 13.2 Å². The number of aliphatic hydroxyl groups excluding tert-OH is 1. The number of hydrogen-bond donors (Lipinski definition) is 2. The van der Waals surface area contributed by atoms with Gasteiger partial charge >= 0.3 is 0 Å². The summed E-state index contributed by atoms with van der Waals surface area (Å²) in [6.07, 6.45) is 2.56. The van der Waals surface area contributed by atoms with Gasteiger partial charge in [0, 0.05) is 23.6 Å². The standard InChI is InChI=1S/C21H25NO3/c1-2-25-20-12-4-3-10-18(20)15-7-5-8-16(13-15)21(24)22-14-17-9-6-11-19(17)23/h3-5,7-8,10,12-13,17,19,23H,2,6,9,11,14H2,1H3,(H,22,24). The summed E-state index contributed by atoms with van der Waals surface area (Å²) in [5.41, 5.74) is 2.55. The van der Waals surface area contributed by atoms with Gasteiger partial charge in [0.05, 0.1) is 12.7 Å². The van der Waals surface area contributed by atoms with E-state index in [1.807, 2.05) is 55.5 Å². The molecule has 0 spiro atoms. The van der Waals surface area contributed by atoms with E-state index in [-0.39, 0.29) is 17.9 Å². The molecule has 2 unspecified atom stereocenters. The smallest absolute Gasteiger partial charge is 0.251 e. The van der Waals surface area contributed by atoms with Crippen LogP contribution in [0, 0.1) is 5.92 Å². The van der Waals surface area contributed by atoms with Gasteiger partial charge in [0.2, 0.25) is 0 Å². The average Bonchev–Trinajstić information content (AvgIpc) is 3.05. The fraction of sp³-hybridized carbons (Fsp3) is 0.381. The van der Waals surface area contributed by atoms with Crippen molar-refractivity contribution in [2.24, 2.45) is 5.92 Å². The van der Waals surface area contributed by atoms with E-state index in [1.165, 1.54) is 0 Å². The molecule has 1 aliphatic rings. The highest BCUT2D eigenvalue weighted by atomic mass is 16.5. The second-order valence-corrected chi connectivity index (χ2v) is 6.48. The third-order valence-electron chi connectivity index (χ3n) is 4.77. The molecule has 4 heteroatoms. The molecule has 2 aromatic rings. The number of para-hydroxylation sites is 1. The Morgan fingerprint density at radius 3 is 2.80 bits per heavy atom. The van der Waals surface area contributed by atoms with Crippen LogP contribution in [0.15, 0.2) is 48.5 Å². The van der Waals surface area contributed by atoms with Crippen molar-refractivity contribution in [1.82, 2.24) is 5.32 Å². The van der Waals surface area contributed by atoms with Crippen LogP contribution in [0.25, 0.3) is 11.1 Å². The molecule has 4 nitrogen and oxygen atoms in total. The largest absolute Gasteiger partial charge is 0.493 e. The van der Waals surface area contributed by atoms with Crippen LogP contribution in [0.1, 0.15) is 36.5 Å². The Morgan fingerprint density at radius 1 is 1.20 bits per heavy atom. The first-order valence-corrected chi connectivity index (χ1v) is 8.97. The molecule has 2 atom stereocenters. The number of benzene rings is 2. The van der Waals surface area contributed by atoms with Crippen LogP contribution >= 0.6 is 0 Å².